The van der Waals surface area contributed by atoms with Gasteiger partial charge in [0.15, 0.2) is 0 Å². The third-order valence-corrected chi connectivity index (χ3v) is 6.02. The van der Waals surface area contributed by atoms with Crippen molar-refractivity contribution in [3.63, 3.8) is 0 Å². The number of aryl methyl sites for hydroxylation is 2. The fourth-order valence-corrected chi connectivity index (χ4v) is 4.16. The van der Waals surface area contributed by atoms with Crippen LogP contribution in [-0.4, -0.2) is 16.0 Å². The third-order valence-electron chi connectivity index (χ3n) is 4.90. The van der Waals surface area contributed by atoms with Crippen molar-refractivity contribution in [2.24, 2.45) is 11.8 Å². The Balaban J connectivity index is 1.88. The second kappa shape index (κ2) is 5.32. The first-order chi connectivity index (χ1) is 9.56. The minimum atomic E-state index is 0.555. The van der Waals surface area contributed by atoms with E-state index in [-0.39, 0.29) is 0 Å². The Hall–Kier alpha value is -1.16. The highest BCUT2D eigenvalue weighted by molar-refractivity contribution is 7.18. The molecule has 0 spiro atoms. The molecule has 0 saturated heterocycles. The van der Waals surface area contributed by atoms with Crippen molar-refractivity contribution in [1.29, 1.82) is 0 Å². The number of fused-ring (bicyclic) bond motifs is 1. The number of nitrogens with one attached hydrogen (secondary N) is 1. The van der Waals surface area contributed by atoms with Crippen molar-refractivity contribution in [3.8, 4) is 0 Å². The van der Waals surface area contributed by atoms with E-state index in [0.29, 0.717) is 6.04 Å². The first-order valence-electron chi connectivity index (χ1n) is 7.53. The van der Waals surface area contributed by atoms with Crippen molar-refractivity contribution in [1.82, 2.24) is 9.97 Å². The number of nitrogens with zero attached hydrogens (tertiary/aromatic N) is 2. The average molecular weight is 289 g/mol. The van der Waals surface area contributed by atoms with E-state index in [4.69, 9.17) is 0 Å². The molecule has 0 bridgehead atoms. The lowest BCUT2D eigenvalue weighted by Crippen LogP contribution is -2.30. The molecular formula is C16H23N3S. The summed E-state index contributed by atoms with van der Waals surface area (Å²) in [4.78, 5) is 11.4. The molecule has 20 heavy (non-hydrogen) atoms. The molecule has 1 aliphatic rings. The second-order valence-electron chi connectivity index (χ2n) is 6.29. The van der Waals surface area contributed by atoms with Gasteiger partial charge in [-0.25, -0.2) is 9.97 Å². The maximum Gasteiger partial charge on any atom is 0.138 e. The van der Waals surface area contributed by atoms with Gasteiger partial charge in [-0.05, 0) is 50.5 Å². The molecule has 2 aromatic heterocycles. The van der Waals surface area contributed by atoms with E-state index < -0.39 is 0 Å². The molecule has 1 saturated carbocycles. The van der Waals surface area contributed by atoms with E-state index >= 15 is 0 Å². The Morgan fingerprint density at radius 3 is 2.70 bits per heavy atom. The molecule has 3 nitrogen and oxygen atoms in total. The van der Waals surface area contributed by atoms with Crippen LogP contribution in [0.3, 0.4) is 0 Å². The summed E-state index contributed by atoms with van der Waals surface area (Å²) in [7, 11) is 0. The first-order valence-corrected chi connectivity index (χ1v) is 8.35. The maximum absolute atomic E-state index is 4.50. The number of anilines is 1. The highest BCUT2D eigenvalue weighted by atomic mass is 32.1. The summed E-state index contributed by atoms with van der Waals surface area (Å²) >= 11 is 1.76. The highest BCUT2D eigenvalue weighted by Gasteiger charge is 2.25. The molecule has 0 aromatic carbocycles. The Bertz CT molecular complexity index is 619. The van der Waals surface area contributed by atoms with Gasteiger partial charge in [0.25, 0.3) is 0 Å². The molecule has 0 amide bonds. The van der Waals surface area contributed by atoms with Crippen LogP contribution >= 0.6 is 11.3 Å². The van der Waals surface area contributed by atoms with E-state index in [2.05, 4.69) is 43.0 Å². The molecule has 3 rings (SSSR count). The zero-order chi connectivity index (χ0) is 14.3. The van der Waals surface area contributed by atoms with Gasteiger partial charge in [0, 0.05) is 10.9 Å². The number of thiophene rings is 1. The average Bonchev–Trinajstić information content (AvgIpc) is 2.71. The van der Waals surface area contributed by atoms with Crippen molar-refractivity contribution >= 4 is 27.4 Å². The van der Waals surface area contributed by atoms with Crippen LogP contribution in [0.5, 0.6) is 0 Å². The molecule has 108 valence electrons. The molecular weight excluding hydrogens is 266 g/mol. The number of rotatable bonds is 2. The maximum atomic E-state index is 4.50. The summed E-state index contributed by atoms with van der Waals surface area (Å²) in [5, 5.41) is 4.91. The van der Waals surface area contributed by atoms with Gasteiger partial charge in [0.05, 0.1) is 5.39 Å². The van der Waals surface area contributed by atoms with Gasteiger partial charge in [-0.15, -0.1) is 11.3 Å². The van der Waals surface area contributed by atoms with Gasteiger partial charge in [-0.3, -0.25) is 0 Å². The molecule has 0 radical (unpaired) electrons. The Labute approximate surface area is 124 Å². The zero-order valence-electron chi connectivity index (χ0n) is 12.7. The molecule has 2 aromatic rings. The number of hydrogen-bond acceptors (Lipinski definition) is 4. The van der Waals surface area contributed by atoms with Gasteiger partial charge in [-0.1, -0.05) is 13.8 Å². The van der Waals surface area contributed by atoms with Crippen molar-refractivity contribution in [2.45, 2.75) is 53.0 Å². The van der Waals surface area contributed by atoms with Gasteiger partial charge >= 0.3 is 0 Å². The van der Waals surface area contributed by atoms with Crippen LogP contribution in [0.2, 0.25) is 0 Å². The van der Waals surface area contributed by atoms with Crippen LogP contribution in [0.1, 0.15) is 43.6 Å². The highest BCUT2D eigenvalue weighted by Crippen LogP contribution is 2.35. The Kier molecular flexibility index (Phi) is 3.67. The van der Waals surface area contributed by atoms with Gasteiger partial charge in [-0.2, -0.15) is 0 Å². The van der Waals surface area contributed by atoms with Crippen LogP contribution < -0.4 is 5.32 Å². The normalized spacial score (nSPS) is 26.9. The standard InChI is InChI=1S/C16H23N3S/c1-9-5-6-13(7-10(9)2)19-15-14-11(3)12(4)20-16(14)18-8-17-15/h8-10,13H,5-7H2,1-4H3,(H,17,18,19). The van der Waals surface area contributed by atoms with E-state index in [1.807, 2.05) is 0 Å². The molecule has 1 N–H and O–H groups in total. The predicted molar refractivity (Wildman–Crippen MR) is 86.5 cm³/mol. The molecule has 3 atom stereocenters. The van der Waals surface area contributed by atoms with Crippen LogP contribution in [0, 0.1) is 25.7 Å². The lowest BCUT2D eigenvalue weighted by molar-refractivity contribution is 0.260. The van der Waals surface area contributed by atoms with Crippen LogP contribution in [0.4, 0.5) is 5.82 Å². The Morgan fingerprint density at radius 2 is 1.95 bits per heavy atom. The molecule has 2 heterocycles. The molecule has 1 aliphatic carbocycles. The molecule has 0 aliphatic heterocycles. The van der Waals surface area contributed by atoms with Crippen LogP contribution in [0.25, 0.3) is 10.2 Å². The predicted octanol–water partition coefficient (Wildman–Crippen LogP) is 4.54. The van der Waals surface area contributed by atoms with E-state index in [1.54, 1.807) is 17.7 Å². The minimum absolute atomic E-state index is 0.555. The van der Waals surface area contributed by atoms with Crippen molar-refractivity contribution in [3.05, 3.63) is 16.8 Å². The minimum Gasteiger partial charge on any atom is -0.367 e. The smallest absolute Gasteiger partial charge is 0.138 e. The molecule has 3 unspecified atom stereocenters. The van der Waals surface area contributed by atoms with Gasteiger partial charge in [0.1, 0.15) is 17.0 Å². The van der Waals surface area contributed by atoms with Gasteiger partial charge < -0.3 is 5.32 Å². The number of hydrogen-bond donors (Lipinski definition) is 1. The fraction of sp³-hybridized carbons (Fsp3) is 0.625. The topological polar surface area (TPSA) is 37.8 Å². The SMILES string of the molecule is Cc1sc2ncnc(NC3CCC(C)C(C)C3)c2c1C. The molecule has 4 heteroatoms. The van der Waals surface area contributed by atoms with E-state index in [1.165, 1.54) is 35.1 Å². The summed E-state index contributed by atoms with van der Waals surface area (Å²) in [6, 6.07) is 0.555. The summed E-state index contributed by atoms with van der Waals surface area (Å²) in [6.07, 6.45) is 5.50. The third kappa shape index (κ3) is 2.41. The Morgan fingerprint density at radius 1 is 1.15 bits per heavy atom. The monoisotopic (exact) mass is 289 g/mol. The largest absolute Gasteiger partial charge is 0.367 e. The summed E-state index contributed by atoms with van der Waals surface area (Å²) in [5.41, 5.74) is 1.32. The molecule has 1 fully saturated rings. The van der Waals surface area contributed by atoms with Crippen molar-refractivity contribution in [2.75, 3.05) is 5.32 Å². The van der Waals surface area contributed by atoms with Gasteiger partial charge in [0.2, 0.25) is 0 Å². The van der Waals surface area contributed by atoms with Crippen LogP contribution in [0.15, 0.2) is 6.33 Å². The van der Waals surface area contributed by atoms with E-state index in [0.717, 1.165) is 22.5 Å². The van der Waals surface area contributed by atoms with Crippen molar-refractivity contribution < 1.29 is 0 Å². The van der Waals surface area contributed by atoms with E-state index in [9.17, 15) is 0 Å². The summed E-state index contributed by atoms with van der Waals surface area (Å²) < 4.78 is 0. The zero-order valence-corrected chi connectivity index (χ0v) is 13.5. The quantitative estimate of drug-likeness (QED) is 0.881. The summed E-state index contributed by atoms with van der Waals surface area (Å²) in [5.74, 6) is 2.68. The second-order valence-corrected chi connectivity index (χ2v) is 7.50. The lowest BCUT2D eigenvalue weighted by atomic mass is 9.79. The first kappa shape index (κ1) is 13.8. The lowest BCUT2D eigenvalue weighted by Gasteiger charge is -2.32. The fourth-order valence-electron chi connectivity index (χ4n) is 3.16. The van der Waals surface area contributed by atoms with Crippen LogP contribution in [-0.2, 0) is 0 Å². The number of aromatic nitrogens is 2. The summed E-state index contributed by atoms with van der Waals surface area (Å²) in [6.45, 7) is 9.08.